The fourth-order valence-corrected chi connectivity index (χ4v) is 1.94. The zero-order valence-electron chi connectivity index (χ0n) is 8.94. The predicted molar refractivity (Wildman–Crippen MR) is 55.8 cm³/mol. The van der Waals surface area contributed by atoms with Gasteiger partial charge in [0.1, 0.15) is 17.7 Å². The Hall–Kier alpha value is -1.58. The van der Waals surface area contributed by atoms with Crippen molar-refractivity contribution in [2.24, 2.45) is 5.41 Å². The number of rotatable bonds is 3. The molecule has 1 N–H and O–H groups in total. The Bertz CT molecular complexity index is 410. The van der Waals surface area contributed by atoms with Crippen molar-refractivity contribution in [3.63, 3.8) is 0 Å². The molecule has 0 aliphatic heterocycles. The number of carboxylic acids is 1. The lowest BCUT2D eigenvalue weighted by Crippen LogP contribution is -2.47. The Morgan fingerprint density at radius 2 is 2.25 bits per heavy atom. The molecule has 0 unspecified atom stereocenters. The lowest BCUT2D eigenvalue weighted by Gasteiger charge is -2.41. The van der Waals surface area contributed by atoms with Crippen molar-refractivity contribution >= 4 is 5.97 Å². The quantitative estimate of drug-likeness (QED) is 0.857. The van der Waals surface area contributed by atoms with E-state index in [0.717, 1.165) is 0 Å². The van der Waals surface area contributed by atoms with E-state index in [9.17, 15) is 9.18 Å². The van der Waals surface area contributed by atoms with Crippen molar-refractivity contribution in [2.45, 2.75) is 25.9 Å². The highest BCUT2D eigenvalue weighted by atomic mass is 19.1. The molecule has 1 aliphatic rings. The van der Waals surface area contributed by atoms with Crippen LogP contribution in [0.4, 0.5) is 4.39 Å². The summed E-state index contributed by atoms with van der Waals surface area (Å²) in [4.78, 5) is 10.8. The van der Waals surface area contributed by atoms with Gasteiger partial charge in [-0.15, -0.1) is 0 Å². The molecule has 0 atom stereocenters. The molecule has 86 valence electrons. The first-order valence-electron chi connectivity index (χ1n) is 5.15. The molecule has 0 heterocycles. The van der Waals surface area contributed by atoms with E-state index < -0.39 is 11.4 Å². The maximum atomic E-state index is 12.8. The van der Waals surface area contributed by atoms with Crippen molar-refractivity contribution in [3.05, 3.63) is 30.1 Å². The second-order valence-corrected chi connectivity index (χ2v) is 4.47. The Labute approximate surface area is 92.9 Å². The van der Waals surface area contributed by atoms with Crippen molar-refractivity contribution < 1.29 is 19.0 Å². The maximum absolute atomic E-state index is 12.8. The summed E-state index contributed by atoms with van der Waals surface area (Å²) in [6.07, 6.45) is 0.820. The Balaban J connectivity index is 1.93. The number of halogens is 1. The summed E-state index contributed by atoms with van der Waals surface area (Å²) in [6, 6.07) is 5.88. The third-order valence-corrected chi connectivity index (χ3v) is 2.97. The van der Waals surface area contributed by atoms with Crippen LogP contribution in [-0.2, 0) is 4.79 Å². The van der Waals surface area contributed by atoms with Crippen molar-refractivity contribution in [3.8, 4) is 5.75 Å². The van der Waals surface area contributed by atoms with Gasteiger partial charge in [0, 0.05) is 18.9 Å². The van der Waals surface area contributed by atoms with Crippen molar-refractivity contribution in [2.75, 3.05) is 0 Å². The molecule has 1 aromatic carbocycles. The zero-order chi connectivity index (χ0) is 11.8. The maximum Gasteiger partial charge on any atom is 0.309 e. The first-order chi connectivity index (χ1) is 7.49. The molecule has 4 heteroatoms. The summed E-state index contributed by atoms with van der Waals surface area (Å²) >= 11 is 0. The third-order valence-electron chi connectivity index (χ3n) is 2.97. The van der Waals surface area contributed by atoms with E-state index in [-0.39, 0.29) is 11.9 Å². The highest BCUT2D eigenvalue weighted by Crippen LogP contribution is 2.42. The molecular formula is C12H13FO3. The lowest BCUT2D eigenvalue weighted by atomic mass is 9.68. The molecule has 16 heavy (non-hydrogen) atoms. The molecule has 0 aromatic heterocycles. The van der Waals surface area contributed by atoms with Gasteiger partial charge in [-0.1, -0.05) is 6.07 Å². The number of hydrogen-bond donors (Lipinski definition) is 1. The van der Waals surface area contributed by atoms with Gasteiger partial charge < -0.3 is 9.84 Å². The van der Waals surface area contributed by atoms with E-state index in [1.54, 1.807) is 19.1 Å². The number of hydrogen-bond acceptors (Lipinski definition) is 2. The summed E-state index contributed by atoms with van der Waals surface area (Å²) in [6.45, 7) is 1.70. The summed E-state index contributed by atoms with van der Waals surface area (Å²) in [5.74, 6) is -0.693. The van der Waals surface area contributed by atoms with Gasteiger partial charge in [0.25, 0.3) is 0 Å². The standard InChI is InChI=1S/C12H13FO3/c1-12(11(14)15)6-10(7-12)16-9-4-2-3-8(13)5-9/h2-5,10H,6-7H2,1H3,(H,14,15)/t10-,12-. The largest absolute Gasteiger partial charge is 0.490 e. The van der Waals surface area contributed by atoms with Crippen LogP contribution in [0.2, 0.25) is 0 Å². The van der Waals surface area contributed by atoms with E-state index in [0.29, 0.717) is 18.6 Å². The molecule has 1 aromatic rings. The van der Waals surface area contributed by atoms with E-state index in [4.69, 9.17) is 9.84 Å². The van der Waals surface area contributed by atoms with Crippen LogP contribution in [0.1, 0.15) is 19.8 Å². The second-order valence-electron chi connectivity index (χ2n) is 4.47. The van der Waals surface area contributed by atoms with Gasteiger partial charge in [0.2, 0.25) is 0 Å². The fraction of sp³-hybridized carbons (Fsp3) is 0.417. The Morgan fingerprint density at radius 3 is 2.81 bits per heavy atom. The third kappa shape index (κ3) is 2.01. The minimum atomic E-state index is -0.799. The van der Waals surface area contributed by atoms with Crippen LogP contribution in [0.25, 0.3) is 0 Å². The number of benzene rings is 1. The highest BCUT2D eigenvalue weighted by molar-refractivity contribution is 5.75. The minimum absolute atomic E-state index is 0.122. The monoisotopic (exact) mass is 224 g/mol. The summed E-state index contributed by atoms with van der Waals surface area (Å²) in [5.41, 5.74) is -0.683. The van der Waals surface area contributed by atoms with Crippen LogP contribution in [0, 0.1) is 11.2 Å². The predicted octanol–water partition coefficient (Wildman–Crippen LogP) is 2.46. The van der Waals surface area contributed by atoms with Gasteiger partial charge in [0.15, 0.2) is 0 Å². The Kier molecular flexibility index (Phi) is 2.58. The van der Waals surface area contributed by atoms with Crippen LogP contribution in [0.3, 0.4) is 0 Å². The SMILES string of the molecule is C[C@]1(C(=O)O)C[C@H](Oc2cccc(F)c2)C1. The molecule has 1 fully saturated rings. The number of aliphatic carboxylic acids is 1. The van der Waals surface area contributed by atoms with E-state index >= 15 is 0 Å². The topological polar surface area (TPSA) is 46.5 Å². The van der Waals surface area contributed by atoms with Crippen LogP contribution < -0.4 is 4.74 Å². The summed E-state index contributed by atoms with van der Waals surface area (Å²) in [5, 5.41) is 8.90. The van der Waals surface area contributed by atoms with E-state index in [1.165, 1.54) is 12.1 Å². The van der Waals surface area contributed by atoms with Crippen LogP contribution >= 0.6 is 0 Å². The molecule has 3 nitrogen and oxygen atoms in total. The summed E-state index contributed by atoms with van der Waals surface area (Å²) in [7, 11) is 0. The zero-order valence-corrected chi connectivity index (χ0v) is 8.94. The number of carbonyl (C=O) groups is 1. The van der Waals surface area contributed by atoms with Crippen LogP contribution in [-0.4, -0.2) is 17.2 Å². The molecule has 0 saturated heterocycles. The average Bonchev–Trinajstić information content (AvgIpc) is 2.14. The second kappa shape index (κ2) is 3.77. The fourth-order valence-electron chi connectivity index (χ4n) is 1.94. The van der Waals surface area contributed by atoms with Gasteiger partial charge in [-0.05, 0) is 19.1 Å². The van der Waals surface area contributed by atoms with Gasteiger partial charge in [-0.2, -0.15) is 0 Å². The Morgan fingerprint density at radius 1 is 1.56 bits per heavy atom. The van der Waals surface area contributed by atoms with E-state index in [2.05, 4.69) is 0 Å². The first kappa shape index (κ1) is 10.9. The molecule has 0 bridgehead atoms. The van der Waals surface area contributed by atoms with Gasteiger partial charge in [-0.3, -0.25) is 4.79 Å². The van der Waals surface area contributed by atoms with Gasteiger partial charge in [0.05, 0.1) is 5.41 Å². The van der Waals surface area contributed by atoms with Crippen LogP contribution in [0.15, 0.2) is 24.3 Å². The summed E-state index contributed by atoms with van der Waals surface area (Å²) < 4.78 is 18.3. The highest BCUT2D eigenvalue weighted by Gasteiger charge is 2.47. The van der Waals surface area contributed by atoms with Crippen molar-refractivity contribution in [1.82, 2.24) is 0 Å². The molecular weight excluding hydrogens is 211 g/mol. The van der Waals surface area contributed by atoms with E-state index in [1.807, 2.05) is 0 Å². The van der Waals surface area contributed by atoms with Gasteiger partial charge >= 0.3 is 5.97 Å². The lowest BCUT2D eigenvalue weighted by molar-refractivity contribution is -0.159. The normalized spacial score (nSPS) is 28.2. The number of ether oxygens (including phenoxy) is 1. The molecule has 0 spiro atoms. The molecule has 0 radical (unpaired) electrons. The number of carboxylic acid groups (broad SMARTS) is 1. The van der Waals surface area contributed by atoms with Crippen LogP contribution in [0.5, 0.6) is 5.75 Å². The average molecular weight is 224 g/mol. The van der Waals surface area contributed by atoms with Gasteiger partial charge in [-0.25, -0.2) is 4.39 Å². The molecule has 2 rings (SSSR count). The molecule has 1 saturated carbocycles. The molecule has 0 amide bonds. The smallest absolute Gasteiger partial charge is 0.309 e. The van der Waals surface area contributed by atoms with Crippen molar-refractivity contribution in [1.29, 1.82) is 0 Å². The first-order valence-corrected chi connectivity index (χ1v) is 5.15. The molecule has 1 aliphatic carbocycles. The minimum Gasteiger partial charge on any atom is -0.490 e.